The standard InChI is InChI=1S/C78H84N4O8/c1-71(2,3)41-23-31-53(73(7,8)9)57(35-41)79-67(83)47-29-27-45-64-60(90-44-26-34-52-56(38-44)78(19,20)82(88-22)76(52,15)16)40-50-62-48(68(84)80(70(50)86)58-36-42(72(4,5)6)24-32-54(58)74(10,11)12)30-28-46(66(62)64)63-59(39-49(69(79)85)61(47)65(45)63)89-43-25-33-51-55(37-43)77(17,18)81(87-21)75(51,13)14/h23-40H,1-22H3. The minimum Gasteiger partial charge on any atom is -0.457 e. The van der Waals surface area contributed by atoms with Crippen LogP contribution < -0.4 is 19.3 Å². The van der Waals surface area contributed by atoms with Crippen molar-refractivity contribution in [3.8, 4) is 23.0 Å². The number of hydroxylamine groups is 4. The molecule has 4 aliphatic heterocycles. The summed E-state index contributed by atoms with van der Waals surface area (Å²) in [5.41, 5.74) is 6.46. The summed E-state index contributed by atoms with van der Waals surface area (Å²) in [7, 11) is 3.39. The van der Waals surface area contributed by atoms with Crippen LogP contribution in [0.25, 0.3) is 43.1 Å². The lowest BCUT2D eigenvalue weighted by Crippen LogP contribution is -2.44. The van der Waals surface area contributed by atoms with Crippen molar-refractivity contribution in [1.29, 1.82) is 0 Å². The second-order valence-corrected chi connectivity index (χ2v) is 31.6. The first-order valence-corrected chi connectivity index (χ1v) is 31.5. The lowest BCUT2D eigenvalue weighted by atomic mass is 9.79. The highest BCUT2D eigenvalue weighted by Crippen LogP contribution is 2.57. The van der Waals surface area contributed by atoms with Crippen molar-refractivity contribution in [2.24, 2.45) is 0 Å². The monoisotopic (exact) mass is 1200 g/mol. The fourth-order valence-electron chi connectivity index (χ4n) is 15.9. The van der Waals surface area contributed by atoms with E-state index in [2.05, 4.69) is 187 Å². The maximum atomic E-state index is 16.2. The van der Waals surface area contributed by atoms with E-state index in [0.29, 0.717) is 88.6 Å². The highest BCUT2D eigenvalue weighted by molar-refractivity contribution is 6.46. The molecule has 0 spiro atoms. The summed E-state index contributed by atoms with van der Waals surface area (Å²) < 4.78 is 14.8. The number of carbonyl (C=O) groups is 4. The summed E-state index contributed by atoms with van der Waals surface area (Å²) >= 11 is 0. The minimum absolute atomic E-state index is 0.283. The number of carbonyl (C=O) groups excluding carboxylic acids is 4. The van der Waals surface area contributed by atoms with E-state index in [1.54, 1.807) is 26.4 Å². The van der Waals surface area contributed by atoms with E-state index in [1.165, 1.54) is 9.80 Å². The second-order valence-electron chi connectivity index (χ2n) is 31.6. The van der Waals surface area contributed by atoms with E-state index in [9.17, 15) is 0 Å². The van der Waals surface area contributed by atoms with Crippen molar-refractivity contribution in [1.82, 2.24) is 10.1 Å². The number of anilines is 2. The molecule has 90 heavy (non-hydrogen) atoms. The van der Waals surface area contributed by atoms with Gasteiger partial charge in [-0.2, -0.15) is 10.1 Å². The first-order valence-electron chi connectivity index (χ1n) is 31.5. The molecule has 0 atom stereocenters. The molecule has 4 heterocycles. The Morgan fingerprint density at radius 3 is 0.989 bits per heavy atom. The Labute approximate surface area is 529 Å². The summed E-state index contributed by atoms with van der Waals surface area (Å²) in [6, 6.07) is 35.6. The van der Waals surface area contributed by atoms with Gasteiger partial charge in [0.25, 0.3) is 23.6 Å². The molecule has 4 aliphatic rings. The predicted molar refractivity (Wildman–Crippen MR) is 360 cm³/mol. The van der Waals surface area contributed by atoms with Gasteiger partial charge in [0, 0.05) is 43.4 Å². The molecule has 13 rings (SSSR count). The molecular weight excluding hydrogens is 1120 g/mol. The lowest BCUT2D eigenvalue weighted by Gasteiger charge is -2.38. The van der Waals surface area contributed by atoms with E-state index in [-0.39, 0.29) is 22.0 Å². The molecule has 0 fully saturated rings. The number of hydrogen-bond acceptors (Lipinski definition) is 10. The van der Waals surface area contributed by atoms with Gasteiger partial charge in [-0.15, -0.1) is 0 Å². The number of fused-ring (bicyclic) bond motifs is 4. The zero-order valence-electron chi connectivity index (χ0n) is 56.4. The first kappa shape index (κ1) is 60.9. The van der Waals surface area contributed by atoms with Crippen LogP contribution in [0.3, 0.4) is 0 Å². The highest BCUT2D eigenvalue weighted by atomic mass is 16.7. The number of benzene rings is 9. The third-order valence-corrected chi connectivity index (χ3v) is 20.1. The molecule has 0 saturated heterocycles. The molecule has 12 nitrogen and oxygen atoms in total. The third-order valence-electron chi connectivity index (χ3n) is 20.1. The maximum Gasteiger partial charge on any atom is 0.266 e. The average Bonchev–Trinajstić information content (AvgIpc) is 0.969. The van der Waals surface area contributed by atoms with Crippen LogP contribution in [0, 0.1) is 0 Å². The molecule has 0 unspecified atom stereocenters. The number of rotatable bonds is 8. The van der Waals surface area contributed by atoms with Crippen LogP contribution >= 0.6 is 0 Å². The molecular formula is C78H84N4O8. The van der Waals surface area contributed by atoms with Crippen LogP contribution in [-0.4, -0.2) is 48.0 Å². The molecule has 0 aromatic heterocycles. The van der Waals surface area contributed by atoms with E-state index in [4.69, 9.17) is 19.1 Å². The Bertz CT molecular complexity index is 4370. The molecule has 0 radical (unpaired) electrons. The van der Waals surface area contributed by atoms with Gasteiger partial charge < -0.3 is 19.1 Å². The van der Waals surface area contributed by atoms with Crippen LogP contribution in [0.1, 0.15) is 224 Å². The number of amides is 4. The van der Waals surface area contributed by atoms with Crippen molar-refractivity contribution in [3.63, 3.8) is 0 Å². The Hall–Kier alpha value is -8.00. The van der Waals surface area contributed by atoms with Crippen molar-refractivity contribution in [2.75, 3.05) is 24.0 Å². The minimum atomic E-state index is -0.577. The van der Waals surface area contributed by atoms with Gasteiger partial charge >= 0.3 is 0 Å². The topological polar surface area (TPSA) is 118 Å². The number of imide groups is 2. The molecule has 0 bridgehead atoms. The van der Waals surface area contributed by atoms with Crippen LogP contribution in [-0.2, 0) is 53.5 Å². The number of ether oxygens (including phenoxy) is 2. The van der Waals surface area contributed by atoms with Gasteiger partial charge in [-0.05, 0) is 193 Å². The van der Waals surface area contributed by atoms with Crippen molar-refractivity contribution >= 4 is 78.1 Å². The average molecular weight is 1210 g/mol. The van der Waals surface area contributed by atoms with Crippen LogP contribution in [0.15, 0.2) is 109 Å². The molecule has 0 saturated carbocycles. The van der Waals surface area contributed by atoms with Crippen molar-refractivity contribution in [3.05, 3.63) is 176 Å². The summed E-state index contributed by atoms with van der Waals surface area (Å²) in [5.74, 6) is -0.170. The van der Waals surface area contributed by atoms with Crippen LogP contribution in [0.2, 0.25) is 0 Å². The Balaban J connectivity index is 1.14. The van der Waals surface area contributed by atoms with Crippen molar-refractivity contribution in [2.45, 2.75) is 182 Å². The zero-order chi connectivity index (χ0) is 65.2. The first-order chi connectivity index (χ1) is 41.8. The van der Waals surface area contributed by atoms with Gasteiger partial charge in [0.1, 0.15) is 23.0 Å². The SMILES string of the molecule is CON1C(C)(C)c2ccc(Oc3cc4c5c(ccc6c7c(Oc8ccc9c(c8)C(C)(C)N(OC)C9(C)C)cc8c9c(ccc(c3c56)c97)C(=O)N(c3cc(C(C)(C)C)ccc3C(C)(C)C)C8=O)C(=O)N(c3cc(C(C)(C)C)ccc3C(C)(C)C)C4=O)cc2C1(C)C. The van der Waals surface area contributed by atoms with Gasteiger partial charge in [-0.1, -0.05) is 132 Å². The largest absolute Gasteiger partial charge is 0.457 e. The maximum absolute atomic E-state index is 16.2. The van der Waals surface area contributed by atoms with Gasteiger partial charge in [-0.25, -0.2) is 9.80 Å². The zero-order valence-corrected chi connectivity index (χ0v) is 56.4. The fourth-order valence-corrected chi connectivity index (χ4v) is 15.9. The molecule has 9 aromatic rings. The Morgan fingerprint density at radius 1 is 0.333 bits per heavy atom. The smallest absolute Gasteiger partial charge is 0.266 e. The molecule has 464 valence electrons. The molecule has 9 aromatic carbocycles. The molecule has 4 amide bonds. The van der Waals surface area contributed by atoms with Gasteiger partial charge in [-0.3, -0.25) is 19.2 Å². The summed E-state index contributed by atoms with van der Waals surface area (Å²) in [5, 5.41) is 8.61. The van der Waals surface area contributed by atoms with Crippen LogP contribution in [0.4, 0.5) is 11.4 Å². The quantitative estimate of drug-likeness (QED) is 0.0827. The van der Waals surface area contributed by atoms with Crippen molar-refractivity contribution < 1.29 is 38.3 Å². The van der Waals surface area contributed by atoms with E-state index >= 15 is 19.2 Å². The summed E-state index contributed by atoms with van der Waals surface area (Å²) in [4.78, 5) is 79.0. The highest BCUT2D eigenvalue weighted by Gasteiger charge is 2.52. The lowest BCUT2D eigenvalue weighted by molar-refractivity contribution is -0.241. The van der Waals surface area contributed by atoms with E-state index in [0.717, 1.165) is 44.5 Å². The van der Waals surface area contributed by atoms with Crippen LogP contribution in [0.5, 0.6) is 23.0 Å². The predicted octanol–water partition coefficient (Wildman–Crippen LogP) is 18.8. The fraction of sp³-hybridized carbons (Fsp3) is 0.385. The molecule has 0 aliphatic carbocycles. The van der Waals surface area contributed by atoms with E-state index < -0.39 is 56.6 Å². The second kappa shape index (κ2) is 19.3. The normalized spacial score (nSPS) is 18.1. The Kier molecular flexibility index (Phi) is 13.0. The number of nitrogens with zero attached hydrogens (tertiary/aromatic N) is 4. The van der Waals surface area contributed by atoms with Gasteiger partial charge in [0.05, 0.1) is 58.9 Å². The Morgan fingerprint density at radius 2 is 0.667 bits per heavy atom. The van der Waals surface area contributed by atoms with E-state index in [1.807, 2.05) is 58.7 Å². The summed E-state index contributed by atoms with van der Waals surface area (Å²) in [6.07, 6.45) is 0. The summed E-state index contributed by atoms with van der Waals surface area (Å²) in [6.45, 7) is 42.4. The van der Waals surface area contributed by atoms with Gasteiger partial charge in [0.15, 0.2) is 0 Å². The molecule has 0 N–H and O–H groups in total. The third kappa shape index (κ3) is 8.53. The van der Waals surface area contributed by atoms with Gasteiger partial charge in [0.2, 0.25) is 0 Å². The number of hydrogen-bond donors (Lipinski definition) is 0. The molecule has 12 heteroatoms.